The Hall–Kier alpha value is -1.41. The number of hydrogen-bond donors (Lipinski definition) is 0. The summed E-state index contributed by atoms with van der Waals surface area (Å²) >= 11 is 1.26. The summed E-state index contributed by atoms with van der Waals surface area (Å²) in [5.41, 5.74) is 0. The third kappa shape index (κ3) is 3.97. The summed E-state index contributed by atoms with van der Waals surface area (Å²) in [5, 5.41) is 1.77. The zero-order valence-corrected chi connectivity index (χ0v) is 15.0. The lowest BCUT2D eigenvalue weighted by Crippen LogP contribution is -2.48. The number of carbonyl (C=O) groups excluding carboxylic acids is 2. The standard InChI is InChI=1S/C16H21NO5S2/c18-15(10-22-16(19)14-6-3-8-23-14)17(12-4-1-2-5-12)13-7-9-24(20,21)11-13/h3,6,8,12-13H,1-2,4-5,7,9-11H2/t13-/m1/s1. The van der Waals surface area contributed by atoms with Crippen molar-refractivity contribution in [3.63, 3.8) is 0 Å². The van der Waals surface area contributed by atoms with E-state index in [9.17, 15) is 18.0 Å². The second kappa shape index (κ2) is 7.23. The first kappa shape index (κ1) is 17.4. The maximum atomic E-state index is 12.7. The van der Waals surface area contributed by atoms with E-state index < -0.39 is 15.8 Å². The molecule has 1 aromatic rings. The molecule has 132 valence electrons. The van der Waals surface area contributed by atoms with Crippen LogP contribution >= 0.6 is 11.3 Å². The van der Waals surface area contributed by atoms with Crippen molar-refractivity contribution >= 4 is 33.1 Å². The van der Waals surface area contributed by atoms with Crippen LogP contribution in [0.2, 0.25) is 0 Å². The van der Waals surface area contributed by atoms with Crippen molar-refractivity contribution in [2.24, 2.45) is 0 Å². The van der Waals surface area contributed by atoms with Gasteiger partial charge in [0.1, 0.15) is 4.88 Å². The van der Waals surface area contributed by atoms with Crippen molar-refractivity contribution < 1.29 is 22.7 Å². The monoisotopic (exact) mass is 371 g/mol. The van der Waals surface area contributed by atoms with Gasteiger partial charge in [0.25, 0.3) is 5.91 Å². The number of thiophene rings is 1. The van der Waals surface area contributed by atoms with Crippen LogP contribution in [-0.4, -0.2) is 55.4 Å². The molecule has 3 rings (SSSR count). The molecule has 0 unspecified atom stereocenters. The van der Waals surface area contributed by atoms with Gasteiger partial charge in [-0.15, -0.1) is 11.3 Å². The summed E-state index contributed by atoms with van der Waals surface area (Å²) in [6.45, 7) is -0.330. The van der Waals surface area contributed by atoms with Gasteiger partial charge in [-0.3, -0.25) is 4.79 Å². The van der Waals surface area contributed by atoms with Crippen molar-refractivity contribution in [3.8, 4) is 0 Å². The Balaban J connectivity index is 1.66. The Morgan fingerprint density at radius 1 is 1.21 bits per heavy atom. The molecule has 2 fully saturated rings. The summed E-state index contributed by atoms with van der Waals surface area (Å²) in [6, 6.07) is 3.18. The topological polar surface area (TPSA) is 80.8 Å². The van der Waals surface area contributed by atoms with Gasteiger partial charge in [0.2, 0.25) is 0 Å². The zero-order valence-electron chi connectivity index (χ0n) is 13.3. The Labute approximate surface area is 145 Å². The van der Waals surface area contributed by atoms with Crippen LogP contribution in [0.4, 0.5) is 0 Å². The van der Waals surface area contributed by atoms with Crippen LogP contribution in [0.5, 0.6) is 0 Å². The highest BCUT2D eigenvalue weighted by atomic mass is 32.2. The predicted octanol–water partition coefficient (Wildman–Crippen LogP) is 1.86. The maximum Gasteiger partial charge on any atom is 0.348 e. The molecule has 1 aromatic heterocycles. The highest BCUT2D eigenvalue weighted by molar-refractivity contribution is 7.91. The molecule has 2 heterocycles. The maximum absolute atomic E-state index is 12.7. The molecule has 24 heavy (non-hydrogen) atoms. The first-order valence-corrected chi connectivity index (χ1v) is 10.9. The highest BCUT2D eigenvalue weighted by Gasteiger charge is 2.39. The summed E-state index contributed by atoms with van der Waals surface area (Å²) in [7, 11) is -3.07. The second-order valence-electron chi connectivity index (χ2n) is 6.35. The molecular formula is C16H21NO5S2. The number of hydrogen-bond acceptors (Lipinski definition) is 6. The average molecular weight is 371 g/mol. The van der Waals surface area contributed by atoms with Crippen LogP contribution in [0.15, 0.2) is 17.5 Å². The minimum absolute atomic E-state index is 0.0219. The van der Waals surface area contributed by atoms with E-state index in [4.69, 9.17) is 4.74 Å². The van der Waals surface area contributed by atoms with E-state index in [1.807, 2.05) is 0 Å². The van der Waals surface area contributed by atoms with Crippen molar-refractivity contribution in [2.45, 2.75) is 44.2 Å². The lowest BCUT2D eigenvalue weighted by Gasteiger charge is -2.33. The largest absolute Gasteiger partial charge is 0.451 e. The van der Waals surface area contributed by atoms with E-state index in [1.165, 1.54) is 11.3 Å². The second-order valence-corrected chi connectivity index (χ2v) is 9.53. The third-order valence-electron chi connectivity index (χ3n) is 4.66. The molecule has 0 spiro atoms. The smallest absolute Gasteiger partial charge is 0.348 e. The number of carbonyl (C=O) groups is 2. The van der Waals surface area contributed by atoms with E-state index >= 15 is 0 Å². The molecule has 0 N–H and O–H groups in total. The number of sulfone groups is 1. The first-order chi connectivity index (χ1) is 11.5. The van der Waals surface area contributed by atoms with Gasteiger partial charge in [-0.25, -0.2) is 13.2 Å². The molecule has 1 saturated heterocycles. The van der Waals surface area contributed by atoms with Crippen molar-refractivity contribution in [1.82, 2.24) is 4.90 Å². The van der Waals surface area contributed by atoms with E-state index in [2.05, 4.69) is 0 Å². The van der Waals surface area contributed by atoms with Crippen LogP contribution < -0.4 is 0 Å². The number of esters is 1. The fourth-order valence-electron chi connectivity index (χ4n) is 3.55. The molecule has 6 nitrogen and oxygen atoms in total. The van der Waals surface area contributed by atoms with Gasteiger partial charge in [-0.05, 0) is 30.7 Å². The Morgan fingerprint density at radius 2 is 1.96 bits per heavy atom. The highest BCUT2D eigenvalue weighted by Crippen LogP contribution is 2.29. The first-order valence-electron chi connectivity index (χ1n) is 8.18. The normalized spacial score (nSPS) is 23.2. The SMILES string of the molecule is O=C(OCC(=O)N(C1CCCC1)[C@@H]1CCS(=O)(=O)C1)c1cccs1. The minimum atomic E-state index is -3.07. The van der Waals surface area contributed by atoms with Gasteiger partial charge in [0, 0.05) is 12.1 Å². The molecular weight excluding hydrogens is 350 g/mol. The molecule has 0 aromatic carbocycles. The minimum Gasteiger partial charge on any atom is -0.451 e. The Bertz CT molecular complexity index is 692. The molecule has 1 atom stereocenters. The van der Waals surface area contributed by atoms with Crippen molar-refractivity contribution in [2.75, 3.05) is 18.1 Å². The van der Waals surface area contributed by atoms with Crippen molar-refractivity contribution in [3.05, 3.63) is 22.4 Å². The molecule has 1 amide bonds. The van der Waals surface area contributed by atoms with E-state index in [0.29, 0.717) is 11.3 Å². The number of ether oxygens (including phenoxy) is 1. The Kier molecular flexibility index (Phi) is 5.24. The molecule has 1 saturated carbocycles. The molecule has 0 radical (unpaired) electrons. The fourth-order valence-corrected chi connectivity index (χ4v) is 5.88. The third-order valence-corrected chi connectivity index (χ3v) is 7.26. The van der Waals surface area contributed by atoms with Gasteiger partial charge in [-0.2, -0.15) is 0 Å². The lowest BCUT2D eigenvalue weighted by atomic mass is 10.1. The van der Waals surface area contributed by atoms with Crippen LogP contribution in [0, 0.1) is 0 Å². The Morgan fingerprint density at radius 3 is 2.54 bits per heavy atom. The molecule has 1 aliphatic heterocycles. The van der Waals surface area contributed by atoms with Gasteiger partial charge in [-0.1, -0.05) is 18.9 Å². The van der Waals surface area contributed by atoms with Crippen LogP contribution in [0.25, 0.3) is 0 Å². The van der Waals surface area contributed by atoms with Crippen LogP contribution in [-0.2, 0) is 19.4 Å². The number of nitrogens with zero attached hydrogens (tertiary/aromatic N) is 1. The van der Waals surface area contributed by atoms with E-state index in [0.717, 1.165) is 25.7 Å². The van der Waals surface area contributed by atoms with Crippen LogP contribution in [0.1, 0.15) is 41.8 Å². The molecule has 1 aliphatic carbocycles. The van der Waals surface area contributed by atoms with E-state index in [1.54, 1.807) is 22.4 Å². The van der Waals surface area contributed by atoms with Gasteiger partial charge >= 0.3 is 5.97 Å². The number of rotatable bonds is 5. The van der Waals surface area contributed by atoms with Gasteiger partial charge < -0.3 is 9.64 Å². The predicted molar refractivity (Wildman–Crippen MR) is 90.8 cm³/mol. The van der Waals surface area contributed by atoms with Gasteiger partial charge in [0.15, 0.2) is 16.4 Å². The van der Waals surface area contributed by atoms with Crippen LogP contribution in [0.3, 0.4) is 0 Å². The average Bonchev–Trinajstić information content (AvgIpc) is 3.26. The lowest BCUT2D eigenvalue weighted by molar-refractivity contribution is -0.139. The zero-order chi connectivity index (χ0) is 17.2. The quantitative estimate of drug-likeness (QED) is 0.738. The van der Waals surface area contributed by atoms with Crippen molar-refractivity contribution in [1.29, 1.82) is 0 Å². The van der Waals surface area contributed by atoms with Gasteiger partial charge in [0.05, 0.1) is 11.5 Å². The summed E-state index contributed by atoms with van der Waals surface area (Å²) in [5.74, 6) is -0.644. The summed E-state index contributed by atoms with van der Waals surface area (Å²) in [4.78, 5) is 26.7. The molecule has 8 heteroatoms. The molecule has 2 aliphatic rings. The summed E-state index contributed by atoms with van der Waals surface area (Å²) in [6.07, 6.45) is 4.34. The fraction of sp³-hybridized carbons (Fsp3) is 0.625. The summed E-state index contributed by atoms with van der Waals surface area (Å²) < 4.78 is 28.7. The number of amides is 1. The molecule has 0 bridgehead atoms. The van der Waals surface area contributed by atoms with E-state index in [-0.39, 0.29) is 36.1 Å².